The SMILES string of the molecule is Cc1cc(C#N)ccc1-c1nc(-c2cscn2)no1. The first-order valence-corrected chi connectivity index (χ1v) is 6.45. The van der Waals surface area contributed by atoms with E-state index in [2.05, 4.69) is 21.2 Å². The van der Waals surface area contributed by atoms with Crippen molar-refractivity contribution >= 4 is 11.3 Å². The van der Waals surface area contributed by atoms with Gasteiger partial charge in [-0.2, -0.15) is 10.2 Å². The molecule has 0 fully saturated rings. The van der Waals surface area contributed by atoms with Crippen LogP contribution in [0.4, 0.5) is 0 Å². The highest BCUT2D eigenvalue weighted by molar-refractivity contribution is 7.07. The Kier molecular flexibility index (Phi) is 2.82. The van der Waals surface area contributed by atoms with Crippen molar-refractivity contribution < 1.29 is 4.52 Å². The lowest BCUT2D eigenvalue weighted by Crippen LogP contribution is -1.86. The number of aryl methyl sites for hydroxylation is 1. The fraction of sp³-hybridized carbons (Fsp3) is 0.0769. The maximum Gasteiger partial charge on any atom is 0.258 e. The molecule has 6 heteroatoms. The van der Waals surface area contributed by atoms with Gasteiger partial charge in [0.15, 0.2) is 0 Å². The lowest BCUT2D eigenvalue weighted by atomic mass is 10.1. The number of hydrogen-bond donors (Lipinski definition) is 0. The van der Waals surface area contributed by atoms with E-state index in [4.69, 9.17) is 9.78 Å². The van der Waals surface area contributed by atoms with Gasteiger partial charge in [-0.05, 0) is 30.7 Å². The number of thiazole rings is 1. The monoisotopic (exact) mass is 268 g/mol. The molecule has 0 amide bonds. The number of nitriles is 1. The van der Waals surface area contributed by atoms with Crippen LogP contribution in [0.5, 0.6) is 0 Å². The summed E-state index contributed by atoms with van der Waals surface area (Å²) in [5.41, 5.74) is 4.78. The minimum absolute atomic E-state index is 0.435. The van der Waals surface area contributed by atoms with E-state index >= 15 is 0 Å². The molecule has 5 nitrogen and oxygen atoms in total. The maximum absolute atomic E-state index is 8.84. The summed E-state index contributed by atoms with van der Waals surface area (Å²) in [6.45, 7) is 1.91. The Bertz CT molecular complexity index is 755. The first kappa shape index (κ1) is 11.6. The molecule has 3 aromatic rings. The molecule has 0 aliphatic rings. The summed E-state index contributed by atoms with van der Waals surface area (Å²) < 4.78 is 5.25. The molecular weight excluding hydrogens is 260 g/mol. The fourth-order valence-electron chi connectivity index (χ4n) is 1.73. The Morgan fingerprint density at radius 2 is 2.26 bits per heavy atom. The van der Waals surface area contributed by atoms with Gasteiger partial charge in [-0.15, -0.1) is 11.3 Å². The van der Waals surface area contributed by atoms with Crippen LogP contribution in [0.15, 0.2) is 33.6 Å². The van der Waals surface area contributed by atoms with Gasteiger partial charge >= 0.3 is 0 Å². The molecule has 0 spiro atoms. The quantitative estimate of drug-likeness (QED) is 0.714. The van der Waals surface area contributed by atoms with Crippen molar-refractivity contribution in [2.24, 2.45) is 0 Å². The molecule has 0 N–H and O–H groups in total. The van der Waals surface area contributed by atoms with Crippen LogP contribution in [0.1, 0.15) is 11.1 Å². The van der Waals surface area contributed by atoms with Crippen molar-refractivity contribution in [2.45, 2.75) is 6.92 Å². The van der Waals surface area contributed by atoms with Crippen LogP contribution < -0.4 is 0 Å². The molecule has 2 heterocycles. The van der Waals surface area contributed by atoms with Gasteiger partial charge in [0, 0.05) is 10.9 Å². The summed E-state index contributed by atoms with van der Waals surface area (Å²) >= 11 is 1.48. The van der Waals surface area contributed by atoms with Crippen LogP contribution in [-0.2, 0) is 0 Å². The molecule has 19 heavy (non-hydrogen) atoms. The van der Waals surface area contributed by atoms with Gasteiger partial charge in [-0.1, -0.05) is 5.16 Å². The first-order valence-electron chi connectivity index (χ1n) is 5.51. The number of benzene rings is 1. The van der Waals surface area contributed by atoms with Crippen molar-refractivity contribution in [3.8, 4) is 29.0 Å². The van der Waals surface area contributed by atoms with Crippen LogP contribution in [-0.4, -0.2) is 15.1 Å². The van der Waals surface area contributed by atoms with E-state index in [1.807, 2.05) is 18.4 Å². The van der Waals surface area contributed by atoms with Crippen molar-refractivity contribution in [3.05, 3.63) is 40.2 Å². The summed E-state index contributed by atoms with van der Waals surface area (Å²) in [5.74, 6) is 0.907. The second kappa shape index (κ2) is 4.63. The Labute approximate surface area is 113 Å². The fourth-order valence-corrected chi connectivity index (χ4v) is 2.26. The Morgan fingerprint density at radius 3 is 2.95 bits per heavy atom. The van der Waals surface area contributed by atoms with E-state index in [-0.39, 0.29) is 0 Å². The van der Waals surface area contributed by atoms with Gasteiger partial charge in [0.05, 0.1) is 17.1 Å². The Morgan fingerprint density at radius 1 is 1.37 bits per heavy atom. The van der Waals surface area contributed by atoms with E-state index in [0.29, 0.717) is 23.0 Å². The van der Waals surface area contributed by atoms with Gasteiger partial charge in [0.25, 0.3) is 5.89 Å². The lowest BCUT2D eigenvalue weighted by Gasteiger charge is -1.99. The highest BCUT2D eigenvalue weighted by Crippen LogP contribution is 2.25. The van der Waals surface area contributed by atoms with Gasteiger partial charge in [-0.25, -0.2) is 4.98 Å². The molecular formula is C13H8N4OS. The second-order valence-electron chi connectivity index (χ2n) is 3.94. The van der Waals surface area contributed by atoms with E-state index in [0.717, 1.165) is 11.1 Å². The normalized spacial score (nSPS) is 10.3. The van der Waals surface area contributed by atoms with E-state index in [1.165, 1.54) is 11.3 Å². The molecule has 0 bridgehead atoms. The summed E-state index contributed by atoms with van der Waals surface area (Å²) in [6, 6.07) is 7.44. The highest BCUT2D eigenvalue weighted by atomic mass is 32.1. The summed E-state index contributed by atoms with van der Waals surface area (Å²) in [6.07, 6.45) is 0. The molecule has 0 aliphatic heterocycles. The Balaban J connectivity index is 2.02. The molecule has 0 radical (unpaired) electrons. The second-order valence-corrected chi connectivity index (χ2v) is 4.66. The maximum atomic E-state index is 8.84. The molecule has 0 atom stereocenters. The molecule has 3 rings (SSSR count). The summed E-state index contributed by atoms with van der Waals surface area (Å²) in [5, 5.41) is 14.6. The molecule has 0 saturated heterocycles. The lowest BCUT2D eigenvalue weighted by molar-refractivity contribution is 0.432. The molecule has 0 saturated carbocycles. The average molecular weight is 268 g/mol. The number of hydrogen-bond acceptors (Lipinski definition) is 6. The van der Waals surface area contributed by atoms with Crippen LogP contribution >= 0.6 is 11.3 Å². The zero-order chi connectivity index (χ0) is 13.2. The predicted octanol–water partition coefficient (Wildman–Crippen LogP) is 3.04. The van der Waals surface area contributed by atoms with Crippen LogP contribution in [0.3, 0.4) is 0 Å². The number of rotatable bonds is 2. The minimum atomic E-state index is 0.435. The number of aromatic nitrogens is 3. The van der Waals surface area contributed by atoms with E-state index < -0.39 is 0 Å². The molecule has 1 aromatic carbocycles. The molecule has 0 unspecified atom stereocenters. The average Bonchev–Trinajstić information content (AvgIpc) is 3.09. The van der Waals surface area contributed by atoms with Gasteiger partial charge in [0.2, 0.25) is 5.82 Å². The van der Waals surface area contributed by atoms with Crippen molar-refractivity contribution in [1.29, 1.82) is 5.26 Å². The molecule has 0 aliphatic carbocycles. The van der Waals surface area contributed by atoms with Crippen molar-refractivity contribution in [1.82, 2.24) is 15.1 Å². The Hall–Kier alpha value is -2.52. The zero-order valence-electron chi connectivity index (χ0n) is 9.99. The minimum Gasteiger partial charge on any atom is -0.334 e. The predicted molar refractivity (Wildman–Crippen MR) is 70.3 cm³/mol. The smallest absolute Gasteiger partial charge is 0.258 e. The summed E-state index contributed by atoms with van der Waals surface area (Å²) in [4.78, 5) is 8.46. The van der Waals surface area contributed by atoms with E-state index in [1.54, 1.807) is 17.6 Å². The molecule has 92 valence electrons. The van der Waals surface area contributed by atoms with Gasteiger partial charge < -0.3 is 4.52 Å². The zero-order valence-corrected chi connectivity index (χ0v) is 10.8. The standard InChI is InChI=1S/C13H8N4OS/c1-8-4-9(5-14)2-3-10(8)13-16-12(17-18-13)11-6-19-7-15-11/h2-4,6-7H,1H3. The van der Waals surface area contributed by atoms with Crippen LogP contribution in [0, 0.1) is 18.3 Å². The van der Waals surface area contributed by atoms with Gasteiger partial charge in [-0.3, -0.25) is 0 Å². The summed E-state index contributed by atoms with van der Waals surface area (Å²) in [7, 11) is 0. The van der Waals surface area contributed by atoms with Gasteiger partial charge in [0.1, 0.15) is 5.69 Å². The van der Waals surface area contributed by atoms with Crippen molar-refractivity contribution in [3.63, 3.8) is 0 Å². The van der Waals surface area contributed by atoms with E-state index in [9.17, 15) is 0 Å². The largest absolute Gasteiger partial charge is 0.334 e. The topological polar surface area (TPSA) is 75.6 Å². The third-order valence-corrected chi connectivity index (χ3v) is 3.26. The molecule has 2 aromatic heterocycles. The van der Waals surface area contributed by atoms with Crippen LogP contribution in [0.25, 0.3) is 23.0 Å². The van der Waals surface area contributed by atoms with Crippen molar-refractivity contribution in [2.75, 3.05) is 0 Å². The highest BCUT2D eigenvalue weighted by Gasteiger charge is 2.13. The van der Waals surface area contributed by atoms with Crippen LogP contribution in [0.2, 0.25) is 0 Å². The first-order chi connectivity index (χ1) is 9.28. The third-order valence-electron chi connectivity index (χ3n) is 2.67. The number of nitrogens with zero attached hydrogens (tertiary/aromatic N) is 4. The third kappa shape index (κ3) is 2.11.